The van der Waals surface area contributed by atoms with Crippen LogP contribution in [0, 0.1) is 23.7 Å². The molecule has 0 unspecified atom stereocenters. The van der Waals surface area contributed by atoms with Gasteiger partial charge in [-0.1, -0.05) is 62.3 Å². The normalized spacial score (nSPS) is 15.8. The summed E-state index contributed by atoms with van der Waals surface area (Å²) in [5, 5.41) is 62.9. The standard InChI is InChI=1S/C80H140N20O22/c1-27-80(26,97-60(110)47(31-33-54(82)105)89-67(117)75(16,17)94-61(111)48(35-40(2)3)85-57(107)44(10)84-59(109)51(39-102)90-66(116)74(14,15)92-45(11)103)71(121)91-56(43(8)9)64(114)96-73(12,13)65(115)83-37-55(106)93-77(20,21)69(119)99-79(24,25)72(122)100-34-28-29-52(100)63(113)86-49(36-41(4)5)62(112)95-78(22,23)70(120)98-76(18,19)68(118)88-46(30-32-53(81)104)58(108)87-50(38-101)42(6)7/h40-44,46-52,56,101-102H,27-39H2,1-26H3,(H2,81,104)(H2,82,105)(H,83,115)(H,84,109)(H,85,107)(H,86,113)(H,87,108)(H,88,118)(H,89,117)(H,90,116)(H,91,121)(H,92,103)(H,93,106)(H,94,111)(H,95,112)(H,96,114)(H,97,110)(H,98,120)(H,99,119)/t44-,46-,47-,48-,49-,50+,51-,52-,56-,80+/m0/s1. The van der Waals surface area contributed by atoms with Crippen molar-refractivity contribution in [2.45, 2.75) is 336 Å². The molecule has 0 aromatic rings. The summed E-state index contributed by atoms with van der Waals surface area (Å²) in [5.74, 6) is -18.2. The fourth-order valence-corrected chi connectivity index (χ4v) is 12.2. The SMILES string of the molecule is CC[C@@](C)(NC(=O)[C@H](CCC(N)=O)NC(=O)C(C)(C)NC(=O)[C@H](CC(C)C)NC(=O)[C@H](C)NC(=O)[C@H](CO)NC(=O)C(C)(C)NC(C)=O)C(=O)N[C@H](C(=O)NC(C)(C)C(=O)NCC(=O)NC(C)(C)C(=O)NC(C)(C)C(=O)N1CCC[C@H]1C(=O)N[C@@H](CC(C)C)C(=O)NC(C)(C)C(=O)NC(C)(C)C(=O)N[C@@H](CCC(N)=O)C(=O)N[C@H](CO)C(C)C)C(C)C. The lowest BCUT2D eigenvalue weighted by Crippen LogP contribution is -2.66. The van der Waals surface area contributed by atoms with Crippen LogP contribution in [0.2, 0.25) is 0 Å². The van der Waals surface area contributed by atoms with Crippen molar-refractivity contribution in [1.82, 2.24) is 95.3 Å². The van der Waals surface area contributed by atoms with E-state index >= 15 is 0 Å². The van der Waals surface area contributed by atoms with Crippen LogP contribution in [-0.2, 0) is 95.9 Å². The highest BCUT2D eigenvalue weighted by Crippen LogP contribution is 2.25. The number of hydrogen-bond donors (Lipinski definition) is 21. The maximum absolute atomic E-state index is 14.4. The first-order valence-corrected chi connectivity index (χ1v) is 41.0. The van der Waals surface area contributed by atoms with Gasteiger partial charge in [-0.3, -0.25) is 95.9 Å². The Balaban J connectivity index is 3.21. The van der Waals surface area contributed by atoms with Crippen LogP contribution in [0.4, 0.5) is 0 Å². The van der Waals surface area contributed by atoms with E-state index in [0.29, 0.717) is 6.42 Å². The zero-order valence-electron chi connectivity index (χ0n) is 75.9. The number of carbonyl (C=O) groups is 20. The number of nitrogens with zero attached hydrogens (tertiary/aromatic N) is 1. The van der Waals surface area contributed by atoms with E-state index in [-0.39, 0.29) is 62.8 Å². The molecule has 1 fully saturated rings. The number of aliphatic hydroxyl groups is 2. The minimum atomic E-state index is -1.88. The summed E-state index contributed by atoms with van der Waals surface area (Å²) in [6.45, 7) is 35.6. The third-order valence-corrected chi connectivity index (χ3v) is 20.3. The minimum Gasteiger partial charge on any atom is -0.394 e. The van der Waals surface area contributed by atoms with Crippen molar-refractivity contribution in [3.63, 3.8) is 0 Å². The predicted octanol–water partition coefficient (Wildman–Crippen LogP) is -4.52. The Labute approximate surface area is 714 Å². The molecular weight excluding hydrogens is 1590 g/mol. The molecule has 0 radical (unpaired) electrons. The molecule has 1 rings (SSSR count). The number of hydrogen-bond acceptors (Lipinski definition) is 22. The largest absolute Gasteiger partial charge is 0.394 e. The highest BCUT2D eigenvalue weighted by atomic mass is 16.3. The lowest BCUT2D eigenvalue weighted by Gasteiger charge is -2.36. The molecule has 42 heteroatoms. The van der Waals surface area contributed by atoms with E-state index in [2.05, 4.69) is 90.4 Å². The second-order valence-electron chi connectivity index (χ2n) is 36.6. The van der Waals surface area contributed by atoms with Crippen molar-refractivity contribution >= 4 is 118 Å². The highest BCUT2D eigenvalue weighted by Gasteiger charge is 2.48. The van der Waals surface area contributed by atoms with Crippen LogP contribution in [0.25, 0.3) is 0 Å². The molecule has 1 heterocycles. The number of nitrogens with one attached hydrogen (secondary N) is 17. The van der Waals surface area contributed by atoms with Gasteiger partial charge in [-0.2, -0.15) is 0 Å². The summed E-state index contributed by atoms with van der Waals surface area (Å²) in [5.41, 5.74) is -3.26. The van der Waals surface area contributed by atoms with Crippen LogP contribution in [0.5, 0.6) is 0 Å². The Morgan fingerprint density at radius 3 is 1.23 bits per heavy atom. The topological polar surface area (TPSA) is 642 Å². The third kappa shape index (κ3) is 34.3. The molecule has 10 atom stereocenters. The van der Waals surface area contributed by atoms with Crippen LogP contribution in [0.15, 0.2) is 0 Å². The van der Waals surface area contributed by atoms with Gasteiger partial charge in [0.1, 0.15) is 92.6 Å². The van der Waals surface area contributed by atoms with Crippen molar-refractivity contribution in [3.8, 4) is 0 Å². The zero-order valence-corrected chi connectivity index (χ0v) is 75.9. The summed E-state index contributed by atoms with van der Waals surface area (Å²) in [4.78, 5) is 272. The van der Waals surface area contributed by atoms with E-state index in [1.807, 2.05) is 0 Å². The van der Waals surface area contributed by atoms with Gasteiger partial charge in [-0.05, 0) is 179 Å². The number of amides is 20. The number of likely N-dealkylation sites (tertiary alicyclic amines) is 1. The van der Waals surface area contributed by atoms with E-state index in [9.17, 15) is 106 Å². The first-order chi connectivity index (χ1) is 55.6. The smallest absolute Gasteiger partial charge is 0.248 e. The Morgan fingerprint density at radius 2 is 0.795 bits per heavy atom. The lowest BCUT2D eigenvalue weighted by atomic mass is 9.93. The molecule has 0 bridgehead atoms. The third-order valence-electron chi connectivity index (χ3n) is 20.3. The Morgan fingerprint density at radius 1 is 0.393 bits per heavy atom. The maximum Gasteiger partial charge on any atom is 0.248 e. The van der Waals surface area contributed by atoms with Gasteiger partial charge in [-0.15, -0.1) is 0 Å². The van der Waals surface area contributed by atoms with Crippen LogP contribution in [0.3, 0.4) is 0 Å². The van der Waals surface area contributed by atoms with Gasteiger partial charge in [0.15, 0.2) is 0 Å². The summed E-state index contributed by atoms with van der Waals surface area (Å²) >= 11 is 0. The lowest BCUT2D eigenvalue weighted by molar-refractivity contribution is -0.146. The van der Waals surface area contributed by atoms with Gasteiger partial charge in [0.2, 0.25) is 118 Å². The first kappa shape index (κ1) is 109. The van der Waals surface area contributed by atoms with Gasteiger partial charge in [0, 0.05) is 26.3 Å². The van der Waals surface area contributed by atoms with E-state index in [1.54, 1.807) is 55.4 Å². The van der Waals surface area contributed by atoms with Gasteiger partial charge < -0.3 is 117 Å². The van der Waals surface area contributed by atoms with E-state index < -0.39 is 255 Å². The number of carbonyl (C=O) groups excluding carboxylic acids is 20. The van der Waals surface area contributed by atoms with Crippen molar-refractivity contribution in [2.24, 2.45) is 35.1 Å². The molecule has 1 aliphatic heterocycles. The molecule has 0 spiro atoms. The molecule has 20 amide bonds. The zero-order chi connectivity index (χ0) is 94.8. The molecule has 1 saturated heterocycles. The molecule has 42 nitrogen and oxygen atoms in total. The average Bonchev–Trinajstić information content (AvgIpc) is 1.51. The molecule has 23 N–H and O–H groups in total. The summed E-state index contributed by atoms with van der Waals surface area (Å²) < 4.78 is 0. The van der Waals surface area contributed by atoms with Crippen molar-refractivity contribution < 1.29 is 106 Å². The van der Waals surface area contributed by atoms with Crippen LogP contribution >= 0.6 is 0 Å². The number of aliphatic hydroxyl groups excluding tert-OH is 2. The average molecular weight is 1730 g/mol. The van der Waals surface area contributed by atoms with Gasteiger partial charge in [0.05, 0.1) is 25.8 Å². The second kappa shape index (κ2) is 46.0. The van der Waals surface area contributed by atoms with E-state index in [1.165, 1.54) is 130 Å². The number of primary amides is 2. The predicted molar refractivity (Wildman–Crippen MR) is 447 cm³/mol. The first-order valence-electron chi connectivity index (χ1n) is 41.0. The van der Waals surface area contributed by atoms with Crippen molar-refractivity contribution in [2.75, 3.05) is 26.3 Å². The molecule has 122 heavy (non-hydrogen) atoms. The van der Waals surface area contributed by atoms with Gasteiger partial charge >= 0.3 is 0 Å². The minimum absolute atomic E-state index is 0.00107. The monoisotopic (exact) mass is 1730 g/mol. The van der Waals surface area contributed by atoms with E-state index in [0.717, 1.165) is 0 Å². The molecule has 0 aromatic heterocycles. The Kier molecular flexibility index (Phi) is 41.2. The molecular formula is C80H140N20O22. The van der Waals surface area contributed by atoms with Crippen molar-refractivity contribution in [3.05, 3.63) is 0 Å². The quantitative estimate of drug-likeness (QED) is 0.0273. The summed E-state index contributed by atoms with van der Waals surface area (Å²) in [6.07, 6.45) is -0.965. The van der Waals surface area contributed by atoms with Gasteiger partial charge in [0.25, 0.3) is 0 Å². The molecule has 0 aliphatic carbocycles. The van der Waals surface area contributed by atoms with E-state index in [4.69, 9.17) is 11.5 Å². The van der Waals surface area contributed by atoms with Gasteiger partial charge in [-0.25, -0.2) is 0 Å². The van der Waals surface area contributed by atoms with Crippen LogP contribution in [-0.4, -0.2) is 258 Å². The Hall–Kier alpha value is -10.7. The Bertz CT molecular complexity index is 3830. The van der Waals surface area contributed by atoms with Crippen molar-refractivity contribution in [1.29, 1.82) is 0 Å². The molecule has 0 saturated carbocycles. The maximum atomic E-state index is 14.4. The summed E-state index contributed by atoms with van der Waals surface area (Å²) in [6, 6.07) is -11.7. The summed E-state index contributed by atoms with van der Waals surface area (Å²) in [7, 11) is 0. The number of nitrogens with two attached hydrogens (primary N) is 2. The fraction of sp³-hybridized carbons (Fsp3) is 0.750. The highest BCUT2D eigenvalue weighted by molar-refractivity contribution is 6.04. The fourth-order valence-electron chi connectivity index (χ4n) is 12.2. The van der Waals surface area contributed by atoms with Crippen LogP contribution < -0.4 is 102 Å². The molecule has 692 valence electrons. The second-order valence-corrected chi connectivity index (χ2v) is 36.6. The number of rotatable bonds is 49. The van der Waals surface area contributed by atoms with Crippen LogP contribution in [0.1, 0.15) is 238 Å². The molecule has 0 aromatic carbocycles. The molecule has 1 aliphatic rings.